The quantitative estimate of drug-likeness (QED) is 0.748. The smallest absolute Gasteiger partial charge is 0.229 e. The molecular formula is C12H19ClN2OS. The molecule has 0 atom stereocenters. The molecule has 0 radical (unpaired) electrons. The van der Waals surface area contributed by atoms with Gasteiger partial charge in [-0.3, -0.25) is 4.79 Å². The van der Waals surface area contributed by atoms with Gasteiger partial charge in [-0.05, 0) is 12.8 Å². The second-order valence-corrected chi connectivity index (χ2v) is 5.58. The Kier molecular flexibility index (Phi) is 5.92. The van der Waals surface area contributed by atoms with Gasteiger partial charge in [0.1, 0.15) is 5.01 Å². The van der Waals surface area contributed by atoms with Crippen LogP contribution < -0.4 is 0 Å². The monoisotopic (exact) mass is 274 g/mol. The van der Waals surface area contributed by atoms with E-state index in [2.05, 4.69) is 18.8 Å². The molecule has 0 aliphatic heterocycles. The van der Waals surface area contributed by atoms with E-state index in [1.807, 2.05) is 17.2 Å². The number of carbonyl (C=O) groups excluding carboxylic acids is 1. The van der Waals surface area contributed by atoms with Crippen molar-refractivity contribution in [2.45, 2.75) is 33.1 Å². The van der Waals surface area contributed by atoms with Crippen LogP contribution in [0.25, 0.3) is 0 Å². The average Bonchev–Trinajstić information content (AvgIpc) is 2.73. The maximum atomic E-state index is 12.0. The maximum Gasteiger partial charge on any atom is 0.229 e. The first-order valence-corrected chi connectivity index (χ1v) is 7.25. The van der Waals surface area contributed by atoms with Crippen molar-refractivity contribution in [1.29, 1.82) is 0 Å². The molecule has 0 saturated heterocycles. The van der Waals surface area contributed by atoms with Gasteiger partial charge in [-0.2, -0.15) is 0 Å². The molecule has 3 nitrogen and oxygen atoms in total. The zero-order chi connectivity index (χ0) is 12.8. The zero-order valence-corrected chi connectivity index (χ0v) is 12.1. The lowest BCUT2D eigenvalue weighted by Crippen LogP contribution is -2.35. The van der Waals surface area contributed by atoms with Gasteiger partial charge in [0, 0.05) is 18.5 Å². The fraction of sp³-hybridized carbons (Fsp3) is 0.667. The molecule has 0 aliphatic carbocycles. The summed E-state index contributed by atoms with van der Waals surface area (Å²) in [5.41, 5.74) is 0.853. The first-order valence-electron chi connectivity index (χ1n) is 5.83. The highest BCUT2D eigenvalue weighted by Gasteiger charge is 2.15. The molecule has 0 aromatic carbocycles. The summed E-state index contributed by atoms with van der Waals surface area (Å²) in [4.78, 5) is 18.2. The summed E-state index contributed by atoms with van der Waals surface area (Å²) >= 11 is 7.19. The zero-order valence-electron chi connectivity index (χ0n) is 10.6. The number of rotatable bonds is 6. The first kappa shape index (κ1) is 14.5. The Balaban J connectivity index is 2.57. The topological polar surface area (TPSA) is 33.2 Å². The summed E-state index contributed by atoms with van der Waals surface area (Å²) in [7, 11) is 0. The van der Waals surface area contributed by atoms with Crippen LogP contribution in [0.2, 0.25) is 0 Å². The Morgan fingerprint density at radius 3 is 2.76 bits per heavy atom. The third-order valence-electron chi connectivity index (χ3n) is 2.36. The van der Waals surface area contributed by atoms with Crippen LogP contribution >= 0.6 is 22.9 Å². The predicted octanol–water partition coefficient (Wildman–Crippen LogP) is 2.93. The largest absolute Gasteiger partial charge is 0.342 e. The minimum absolute atomic E-state index is 0.150. The Bertz CT molecular complexity index is 365. The van der Waals surface area contributed by atoms with Crippen molar-refractivity contribution >= 4 is 28.8 Å². The van der Waals surface area contributed by atoms with Crippen LogP contribution in [0.5, 0.6) is 0 Å². The van der Waals surface area contributed by atoms with Crippen LogP contribution in [0.15, 0.2) is 5.38 Å². The molecule has 1 amide bonds. The summed E-state index contributed by atoms with van der Waals surface area (Å²) in [6, 6.07) is 0. The van der Waals surface area contributed by atoms with E-state index in [4.69, 9.17) is 11.6 Å². The van der Waals surface area contributed by atoms with Gasteiger partial charge in [-0.15, -0.1) is 22.9 Å². The molecule has 0 saturated carbocycles. The molecule has 0 aliphatic rings. The van der Waals surface area contributed by atoms with Crippen molar-refractivity contribution < 1.29 is 4.79 Å². The minimum atomic E-state index is 0.150. The molecule has 0 N–H and O–H groups in total. The van der Waals surface area contributed by atoms with E-state index < -0.39 is 0 Å². The summed E-state index contributed by atoms with van der Waals surface area (Å²) in [5.74, 6) is 1.05. The van der Waals surface area contributed by atoms with Crippen molar-refractivity contribution in [3.63, 3.8) is 0 Å². The highest BCUT2D eigenvalue weighted by Crippen LogP contribution is 2.13. The van der Waals surface area contributed by atoms with Crippen molar-refractivity contribution in [2.75, 3.05) is 13.1 Å². The maximum absolute atomic E-state index is 12.0. The lowest BCUT2D eigenvalue weighted by Gasteiger charge is -2.22. The first-order chi connectivity index (χ1) is 8.06. The van der Waals surface area contributed by atoms with E-state index in [-0.39, 0.29) is 5.91 Å². The number of hydrogen-bond acceptors (Lipinski definition) is 3. The van der Waals surface area contributed by atoms with Gasteiger partial charge in [-0.25, -0.2) is 4.98 Å². The molecular weight excluding hydrogens is 256 g/mol. The summed E-state index contributed by atoms with van der Waals surface area (Å²) < 4.78 is 0. The van der Waals surface area contributed by atoms with E-state index in [0.717, 1.165) is 23.8 Å². The summed E-state index contributed by atoms with van der Waals surface area (Å²) in [5, 5.41) is 2.77. The van der Waals surface area contributed by atoms with E-state index in [0.29, 0.717) is 18.2 Å². The Hall–Kier alpha value is -0.610. The second kappa shape index (κ2) is 6.97. The van der Waals surface area contributed by atoms with E-state index in [9.17, 15) is 4.79 Å². The highest BCUT2D eigenvalue weighted by molar-refractivity contribution is 7.09. The molecule has 0 unspecified atom stereocenters. The third-order valence-corrected chi connectivity index (χ3v) is 3.53. The molecule has 0 bridgehead atoms. The number of thiazole rings is 1. The Morgan fingerprint density at radius 1 is 1.59 bits per heavy atom. The Labute approximate surface area is 112 Å². The molecule has 0 spiro atoms. The van der Waals surface area contributed by atoms with Crippen LogP contribution in [-0.4, -0.2) is 28.9 Å². The second-order valence-electron chi connectivity index (χ2n) is 4.37. The fourth-order valence-electron chi connectivity index (χ4n) is 1.58. The van der Waals surface area contributed by atoms with Gasteiger partial charge in [0.2, 0.25) is 5.91 Å². The normalized spacial score (nSPS) is 10.9. The van der Waals surface area contributed by atoms with Gasteiger partial charge < -0.3 is 4.90 Å². The summed E-state index contributed by atoms with van der Waals surface area (Å²) in [6.45, 7) is 7.80. The molecule has 5 heteroatoms. The van der Waals surface area contributed by atoms with Gasteiger partial charge in [-0.1, -0.05) is 13.8 Å². The lowest BCUT2D eigenvalue weighted by atomic mass is 10.2. The van der Waals surface area contributed by atoms with Gasteiger partial charge in [0.15, 0.2) is 0 Å². The van der Waals surface area contributed by atoms with Crippen molar-refractivity contribution in [1.82, 2.24) is 9.88 Å². The fourth-order valence-corrected chi connectivity index (χ4v) is 2.59. The average molecular weight is 275 g/mol. The molecule has 1 aromatic heterocycles. The predicted molar refractivity (Wildman–Crippen MR) is 72.5 cm³/mol. The van der Waals surface area contributed by atoms with Gasteiger partial charge >= 0.3 is 0 Å². The van der Waals surface area contributed by atoms with E-state index in [1.54, 1.807) is 0 Å². The lowest BCUT2D eigenvalue weighted by molar-refractivity contribution is -0.130. The Morgan fingerprint density at radius 2 is 2.29 bits per heavy atom. The molecule has 0 fully saturated rings. The standard InChI is InChI=1S/C12H19ClN2OS/c1-4-15(7-9(2)3)12(16)5-11-14-10(6-13)8-17-11/h8-9H,4-7H2,1-3H3. The van der Waals surface area contributed by atoms with Crippen LogP contribution in [0, 0.1) is 5.92 Å². The van der Waals surface area contributed by atoms with Crippen molar-refractivity contribution in [2.24, 2.45) is 5.92 Å². The molecule has 96 valence electrons. The van der Waals surface area contributed by atoms with Crippen LogP contribution in [0.4, 0.5) is 0 Å². The van der Waals surface area contributed by atoms with Gasteiger partial charge in [0.25, 0.3) is 0 Å². The van der Waals surface area contributed by atoms with Gasteiger partial charge in [0.05, 0.1) is 18.0 Å². The molecule has 1 aromatic rings. The molecule has 1 heterocycles. The number of hydrogen-bond donors (Lipinski definition) is 0. The highest BCUT2D eigenvalue weighted by atomic mass is 35.5. The van der Waals surface area contributed by atoms with Crippen LogP contribution in [0.1, 0.15) is 31.5 Å². The number of nitrogens with zero attached hydrogens (tertiary/aromatic N) is 2. The SMILES string of the molecule is CCN(CC(C)C)C(=O)Cc1nc(CCl)cs1. The third kappa shape index (κ3) is 4.64. The van der Waals surface area contributed by atoms with E-state index >= 15 is 0 Å². The molecule has 1 rings (SSSR count). The van der Waals surface area contributed by atoms with Crippen molar-refractivity contribution in [3.05, 3.63) is 16.1 Å². The van der Waals surface area contributed by atoms with Crippen LogP contribution in [0.3, 0.4) is 0 Å². The number of halogens is 1. The number of likely N-dealkylation sites (N-methyl/N-ethyl adjacent to an activating group) is 1. The van der Waals surface area contributed by atoms with Crippen molar-refractivity contribution in [3.8, 4) is 0 Å². The molecule has 17 heavy (non-hydrogen) atoms. The minimum Gasteiger partial charge on any atom is -0.342 e. The number of aromatic nitrogens is 1. The number of alkyl halides is 1. The number of amides is 1. The summed E-state index contributed by atoms with van der Waals surface area (Å²) in [6.07, 6.45) is 0.391. The van der Waals surface area contributed by atoms with E-state index in [1.165, 1.54) is 11.3 Å². The number of carbonyl (C=O) groups is 1. The van der Waals surface area contributed by atoms with Crippen LogP contribution in [-0.2, 0) is 17.1 Å².